The van der Waals surface area contributed by atoms with Crippen molar-refractivity contribution in [1.82, 2.24) is 36.8 Å². The highest BCUT2D eigenvalue weighted by Crippen LogP contribution is 2.17. The van der Waals surface area contributed by atoms with Crippen LogP contribution in [0.25, 0.3) is 0 Å². The van der Waals surface area contributed by atoms with E-state index < -0.39 is 126 Å². The third-order valence-corrected chi connectivity index (χ3v) is 11.7. The molecule has 10 atom stereocenters. The summed E-state index contributed by atoms with van der Waals surface area (Å²) in [5.41, 5.74) is 12.1. The number of amides is 7. The van der Waals surface area contributed by atoms with E-state index in [0.717, 1.165) is 10.5 Å². The first kappa shape index (κ1) is 59.0. The lowest BCUT2D eigenvalue weighted by atomic mass is 9.94. The van der Waals surface area contributed by atoms with Crippen LogP contribution >= 0.6 is 0 Å². The molecular formula is C48H72N10O12. The Hall–Kier alpha value is -7.10. The Morgan fingerprint density at radius 3 is 2.01 bits per heavy atom. The summed E-state index contributed by atoms with van der Waals surface area (Å²) in [4.78, 5) is 126. The van der Waals surface area contributed by atoms with Crippen LogP contribution in [0.4, 0.5) is 0 Å². The van der Waals surface area contributed by atoms with Gasteiger partial charge in [-0.2, -0.15) is 0 Å². The molecule has 0 spiro atoms. The van der Waals surface area contributed by atoms with Crippen LogP contribution in [0.3, 0.4) is 0 Å². The van der Waals surface area contributed by atoms with Gasteiger partial charge in [0.15, 0.2) is 5.96 Å². The molecule has 0 saturated carbocycles. The van der Waals surface area contributed by atoms with Crippen molar-refractivity contribution >= 4 is 59.2 Å². The minimum absolute atomic E-state index is 0.000429. The molecule has 1 saturated heterocycles. The number of allylic oxidation sites excluding steroid dienone is 2. The second-order valence-corrected chi connectivity index (χ2v) is 18.1. The number of carboxylic acid groups (broad SMARTS) is 2. The summed E-state index contributed by atoms with van der Waals surface area (Å²) in [5.74, 6) is -13.0. The van der Waals surface area contributed by atoms with E-state index in [9.17, 15) is 58.5 Å². The molecule has 0 aliphatic carbocycles. The zero-order chi connectivity index (χ0) is 53.0. The molecule has 1 heterocycles. The fourth-order valence-corrected chi connectivity index (χ4v) is 7.17. The lowest BCUT2D eigenvalue weighted by Gasteiger charge is -2.28. The quantitative estimate of drug-likeness (QED) is 0.0384. The third kappa shape index (κ3) is 19.5. The van der Waals surface area contributed by atoms with Crippen molar-refractivity contribution in [2.24, 2.45) is 40.1 Å². The van der Waals surface area contributed by atoms with Crippen molar-refractivity contribution < 1.29 is 58.5 Å². The van der Waals surface area contributed by atoms with Crippen LogP contribution in [0.15, 0.2) is 71.4 Å². The zero-order valence-electron chi connectivity index (χ0n) is 41.2. The first-order valence-electron chi connectivity index (χ1n) is 23.1. The zero-order valence-corrected chi connectivity index (χ0v) is 41.2. The van der Waals surface area contributed by atoms with Gasteiger partial charge in [0, 0.05) is 25.9 Å². The molecule has 1 aromatic rings. The number of likely N-dealkylation sites (N-methyl/N-ethyl adjacent to an activating group) is 1. The van der Waals surface area contributed by atoms with Crippen LogP contribution in [0.5, 0.6) is 0 Å². The Morgan fingerprint density at radius 2 is 1.43 bits per heavy atom. The van der Waals surface area contributed by atoms with E-state index in [2.05, 4.69) is 43.5 Å². The predicted octanol–water partition coefficient (Wildman–Crippen LogP) is -0.0357. The average molecular weight is 981 g/mol. The van der Waals surface area contributed by atoms with Gasteiger partial charge in [0.05, 0.1) is 24.0 Å². The SMILES string of the molecule is C=C1C(=O)N[C@H](C)C(=O)NC(CC(C)C)C(=O)NC(C(=O)O)[C@H](C)C(=O)NC(CCCN=C(N)N)C(=O)N[C@@H](/C=C/C(C)=C/[C@H](C)[C@@H](O)Cc2ccccc2)[C@H](C)C(=O)N[C@@H](C(=O)O)CCC(=O)N1C. The molecular weight excluding hydrogens is 909 g/mol. The van der Waals surface area contributed by atoms with E-state index in [-0.39, 0.29) is 43.6 Å². The Labute approximate surface area is 408 Å². The monoisotopic (exact) mass is 981 g/mol. The molecule has 22 heteroatoms. The van der Waals surface area contributed by atoms with Gasteiger partial charge in [0.2, 0.25) is 35.4 Å². The standard InChI is InChI=1S/C48H72N10O12/c1-25(2)22-36-45(66)57-39(47(69)70)29(6)41(62)54-34(16-13-21-51-48(49)50)44(65)53-33(18-17-26(3)23-27(4)37(59)24-32-14-11-10-12-15-32)28(5)40(61)55-35(46(67)68)19-20-38(60)58(9)31(8)43(64)52-30(7)42(63)56-36/h10-12,14-15,17-18,23,25,27-30,33-37,39,59H,8,13,16,19-22,24H2,1-7,9H3,(H,52,64)(H,53,65)(H,54,62)(H,55,61)(H,56,63)(H,57,66)(H,67,68)(H,69,70)(H4,49,50,51)/b18-17+,26-23+/t27-,28-,29-,30+,33-,34?,35+,36?,37-,39?/m0/s1. The van der Waals surface area contributed by atoms with Gasteiger partial charge < -0.3 is 63.6 Å². The third-order valence-electron chi connectivity index (χ3n) is 11.7. The minimum atomic E-state index is -1.89. The summed E-state index contributed by atoms with van der Waals surface area (Å²) < 4.78 is 0. The van der Waals surface area contributed by atoms with Gasteiger partial charge in [-0.05, 0) is 57.4 Å². The summed E-state index contributed by atoms with van der Waals surface area (Å²) in [6.07, 6.45) is 3.51. The number of aliphatic hydroxyl groups excluding tert-OH is 1. The molecule has 1 fully saturated rings. The molecule has 386 valence electrons. The number of carbonyl (C=O) groups excluding carboxylic acids is 7. The molecule has 70 heavy (non-hydrogen) atoms. The molecule has 22 nitrogen and oxygen atoms in total. The number of guanidine groups is 1. The first-order valence-corrected chi connectivity index (χ1v) is 23.1. The largest absolute Gasteiger partial charge is 0.480 e. The van der Waals surface area contributed by atoms with E-state index in [0.29, 0.717) is 12.0 Å². The number of carboxylic acids is 2. The highest BCUT2D eigenvalue weighted by molar-refractivity contribution is 6.00. The maximum Gasteiger partial charge on any atom is 0.327 e. The van der Waals surface area contributed by atoms with E-state index in [4.69, 9.17) is 11.5 Å². The molecule has 0 radical (unpaired) electrons. The van der Waals surface area contributed by atoms with Gasteiger partial charge in [-0.1, -0.05) is 95.3 Å². The fraction of sp³-hybridized carbons (Fsp3) is 0.542. The van der Waals surface area contributed by atoms with Crippen molar-refractivity contribution in [3.8, 4) is 0 Å². The number of hydrogen-bond donors (Lipinski definition) is 11. The number of aliphatic imine (C=N–C) groups is 1. The Balaban J connectivity index is 2.71. The van der Waals surface area contributed by atoms with Crippen LogP contribution < -0.4 is 43.4 Å². The highest BCUT2D eigenvalue weighted by atomic mass is 16.4. The van der Waals surface area contributed by atoms with Gasteiger partial charge in [0.25, 0.3) is 5.91 Å². The Morgan fingerprint density at radius 1 is 0.829 bits per heavy atom. The lowest BCUT2D eigenvalue weighted by Crippen LogP contribution is -2.59. The number of nitrogens with zero attached hydrogens (tertiary/aromatic N) is 2. The van der Waals surface area contributed by atoms with E-state index in [1.807, 2.05) is 37.3 Å². The summed E-state index contributed by atoms with van der Waals surface area (Å²) in [6.45, 7) is 14.6. The topological polar surface area (TPSA) is 354 Å². The average Bonchev–Trinajstić information content (AvgIpc) is 3.29. The molecule has 2 rings (SSSR count). The van der Waals surface area contributed by atoms with Crippen LogP contribution in [0.2, 0.25) is 0 Å². The molecule has 13 N–H and O–H groups in total. The maximum atomic E-state index is 14.3. The van der Waals surface area contributed by atoms with Crippen LogP contribution in [0.1, 0.15) is 86.1 Å². The van der Waals surface area contributed by atoms with Crippen LogP contribution in [-0.4, -0.2) is 135 Å². The van der Waals surface area contributed by atoms with Gasteiger partial charge in [-0.25, -0.2) is 9.59 Å². The van der Waals surface area contributed by atoms with E-state index >= 15 is 0 Å². The van der Waals surface area contributed by atoms with Gasteiger partial charge in [-0.3, -0.25) is 38.6 Å². The van der Waals surface area contributed by atoms with E-state index in [1.54, 1.807) is 32.9 Å². The summed E-state index contributed by atoms with van der Waals surface area (Å²) in [7, 11) is 1.20. The predicted molar refractivity (Wildman–Crippen MR) is 260 cm³/mol. The van der Waals surface area contributed by atoms with Gasteiger partial charge in [0.1, 0.15) is 35.9 Å². The number of aliphatic hydroxyl groups is 1. The molecule has 0 bridgehead atoms. The number of hydrogen-bond acceptors (Lipinski definition) is 11. The number of nitrogens with one attached hydrogen (secondary N) is 6. The fourth-order valence-electron chi connectivity index (χ4n) is 7.17. The van der Waals surface area contributed by atoms with Crippen molar-refractivity contribution in [3.05, 3.63) is 72.0 Å². The van der Waals surface area contributed by atoms with Gasteiger partial charge in [-0.15, -0.1) is 0 Å². The summed E-state index contributed by atoms with van der Waals surface area (Å²) >= 11 is 0. The summed E-state index contributed by atoms with van der Waals surface area (Å²) in [6, 6.07) is 0.528. The molecule has 1 aliphatic heterocycles. The molecule has 1 aromatic carbocycles. The molecule has 7 amide bonds. The maximum absolute atomic E-state index is 14.3. The second-order valence-electron chi connectivity index (χ2n) is 18.1. The number of carbonyl (C=O) groups is 9. The van der Waals surface area contributed by atoms with Crippen LogP contribution in [0, 0.1) is 23.7 Å². The van der Waals surface area contributed by atoms with Crippen molar-refractivity contribution in [2.45, 2.75) is 129 Å². The smallest absolute Gasteiger partial charge is 0.327 e. The molecule has 1 aliphatic rings. The van der Waals surface area contributed by atoms with Crippen LogP contribution in [-0.2, 0) is 49.6 Å². The van der Waals surface area contributed by atoms with Crippen molar-refractivity contribution in [3.63, 3.8) is 0 Å². The second kappa shape index (κ2) is 28.4. The lowest BCUT2D eigenvalue weighted by molar-refractivity contribution is -0.146. The number of aliphatic carboxylic acids is 2. The van der Waals surface area contributed by atoms with Crippen molar-refractivity contribution in [1.29, 1.82) is 0 Å². The van der Waals surface area contributed by atoms with Crippen molar-refractivity contribution in [2.75, 3.05) is 13.6 Å². The minimum Gasteiger partial charge on any atom is -0.480 e. The molecule has 3 unspecified atom stereocenters. The normalized spacial score (nSPS) is 25.5. The van der Waals surface area contributed by atoms with Gasteiger partial charge >= 0.3 is 11.9 Å². The van der Waals surface area contributed by atoms with E-state index in [1.165, 1.54) is 33.9 Å². The highest BCUT2D eigenvalue weighted by Gasteiger charge is 2.37. The Kier molecular flexibility index (Phi) is 24.0. The number of rotatable bonds is 14. The number of nitrogens with two attached hydrogens (primary N) is 2. The summed E-state index contributed by atoms with van der Waals surface area (Å²) in [5, 5.41) is 46.3. The number of benzene rings is 1. The first-order chi connectivity index (χ1) is 32.7. The molecule has 0 aromatic heterocycles. The Bertz CT molecular complexity index is 2140.